The summed E-state index contributed by atoms with van der Waals surface area (Å²) in [5.74, 6) is 0.734. The lowest BCUT2D eigenvalue weighted by Gasteiger charge is -2.09. The van der Waals surface area contributed by atoms with Crippen molar-refractivity contribution in [2.24, 2.45) is 0 Å². The molecule has 0 unspecified atom stereocenters. The number of fused-ring (bicyclic) bond motifs is 6. The quantitative estimate of drug-likeness (QED) is 0.201. The number of aromatic nitrogens is 2. The Morgan fingerprint density at radius 2 is 1.25 bits per heavy atom. The fourth-order valence-corrected chi connectivity index (χ4v) is 9.08. The van der Waals surface area contributed by atoms with Crippen molar-refractivity contribution in [1.29, 1.82) is 0 Å². The predicted octanol–water partition coefficient (Wildman–Crippen LogP) is 11.7. The number of aryl methyl sites for hydroxylation is 1. The zero-order valence-corrected chi connectivity index (χ0v) is 25.5. The molecule has 2 nitrogen and oxygen atoms in total. The van der Waals surface area contributed by atoms with E-state index in [0.29, 0.717) is 0 Å². The summed E-state index contributed by atoms with van der Waals surface area (Å²) in [6, 6.07) is 41.4. The van der Waals surface area contributed by atoms with Crippen LogP contribution < -0.4 is 0 Å². The first-order chi connectivity index (χ1) is 21.8. The van der Waals surface area contributed by atoms with E-state index in [1.807, 2.05) is 34.9 Å². The third-order valence-electron chi connectivity index (χ3n) is 8.61. The number of benzene rings is 5. The second kappa shape index (κ2) is 10.4. The summed E-state index contributed by atoms with van der Waals surface area (Å²) in [6.07, 6.45) is 8.75. The second-order valence-electron chi connectivity index (χ2n) is 11.3. The van der Waals surface area contributed by atoms with Gasteiger partial charge in [0.15, 0.2) is 5.82 Å². The van der Waals surface area contributed by atoms with Gasteiger partial charge in [-0.15, -0.1) is 22.7 Å². The van der Waals surface area contributed by atoms with E-state index >= 15 is 0 Å². The molecule has 44 heavy (non-hydrogen) atoms. The van der Waals surface area contributed by atoms with Crippen molar-refractivity contribution >= 4 is 59.0 Å². The van der Waals surface area contributed by atoms with Crippen molar-refractivity contribution < 1.29 is 0 Å². The minimum absolute atomic E-state index is 0.734. The maximum Gasteiger partial charge on any atom is 0.159 e. The highest BCUT2D eigenvalue weighted by atomic mass is 32.1. The van der Waals surface area contributed by atoms with E-state index in [1.54, 1.807) is 0 Å². The van der Waals surface area contributed by atoms with Crippen LogP contribution >= 0.6 is 22.7 Å². The summed E-state index contributed by atoms with van der Waals surface area (Å²) in [6.45, 7) is 0. The van der Waals surface area contributed by atoms with Crippen molar-refractivity contribution in [1.82, 2.24) is 9.97 Å². The molecule has 0 fully saturated rings. The number of hydrogen-bond acceptors (Lipinski definition) is 4. The van der Waals surface area contributed by atoms with Crippen LogP contribution in [0.3, 0.4) is 0 Å². The molecule has 0 spiro atoms. The van der Waals surface area contributed by atoms with Gasteiger partial charge in [0.05, 0.1) is 5.69 Å². The molecule has 5 aromatic carbocycles. The van der Waals surface area contributed by atoms with Crippen molar-refractivity contribution in [2.75, 3.05) is 0 Å². The molecule has 4 heteroatoms. The number of rotatable bonds is 4. The van der Waals surface area contributed by atoms with E-state index in [-0.39, 0.29) is 0 Å². The molecule has 0 bridgehead atoms. The van der Waals surface area contributed by atoms with Gasteiger partial charge < -0.3 is 0 Å². The molecule has 0 saturated heterocycles. The molecule has 0 atom stereocenters. The topological polar surface area (TPSA) is 25.8 Å². The van der Waals surface area contributed by atoms with Crippen molar-refractivity contribution in [3.05, 3.63) is 138 Å². The fourth-order valence-electron chi connectivity index (χ4n) is 6.50. The lowest BCUT2D eigenvalue weighted by Crippen LogP contribution is -1.92. The number of allylic oxidation sites excluding steroid dienone is 1. The standard InChI is InChI=1S/C40H26N2S2/c1-3-19-36-31(13-1)33-17-7-15-29(38(33)43-36)25-9-5-11-27(23-25)35-21-22-41-40(42-35)28-12-6-10-26(24-28)30-16-8-18-34-32-14-2-4-20-37(32)44-39(30)34/h1-2,4-18,20-24H,3,19H2. The van der Waals surface area contributed by atoms with Gasteiger partial charge in [0.1, 0.15) is 0 Å². The zero-order chi connectivity index (χ0) is 29.0. The molecule has 0 saturated carbocycles. The average molecular weight is 599 g/mol. The Bertz CT molecular complexity index is 2410. The summed E-state index contributed by atoms with van der Waals surface area (Å²) < 4.78 is 4.00. The van der Waals surface area contributed by atoms with Crippen molar-refractivity contribution in [2.45, 2.75) is 12.8 Å². The molecule has 3 aromatic heterocycles. The normalized spacial score (nSPS) is 12.7. The highest BCUT2D eigenvalue weighted by Gasteiger charge is 2.16. The lowest BCUT2D eigenvalue weighted by atomic mass is 9.97. The van der Waals surface area contributed by atoms with Crippen LogP contribution in [0.1, 0.15) is 16.9 Å². The molecule has 0 radical (unpaired) electrons. The van der Waals surface area contributed by atoms with Gasteiger partial charge in [-0.3, -0.25) is 0 Å². The Morgan fingerprint density at radius 3 is 2.11 bits per heavy atom. The van der Waals surface area contributed by atoms with Gasteiger partial charge in [-0.05, 0) is 64.9 Å². The van der Waals surface area contributed by atoms with Crippen LogP contribution in [0.4, 0.5) is 0 Å². The van der Waals surface area contributed by atoms with Crippen LogP contribution in [-0.4, -0.2) is 9.97 Å². The first-order valence-corrected chi connectivity index (χ1v) is 16.6. The summed E-state index contributed by atoms with van der Waals surface area (Å²) in [7, 11) is 0. The van der Waals surface area contributed by atoms with E-state index in [2.05, 4.69) is 121 Å². The minimum Gasteiger partial charge on any atom is -0.237 e. The van der Waals surface area contributed by atoms with Gasteiger partial charge in [-0.25, -0.2) is 9.97 Å². The Balaban J connectivity index is 1.10. The Morgan fingerprint density at radius 1 is 0.568 bits per heavy atom. The maximum atomic E-state index is 5.08. The minimum atomic E-state index is 0.734. The van der Waals surface area contributed by atoms with Crippen LogP contribution in [0, 0.1) is 0 Å². The van der Waals surface area contributed by atoms with Crippen molar-refractivity contribution in [3.8, 4) is 44.9 Å². The molecule has 3 heterocycles. The molecule has 0 amide bonds. The number of nitrogens with zero attached hydrogens (tertiary/aromatic N) is 2. The molecule has 0 N–H and O–H groups in total. The van der Waals surface area contributed by atoms with E-state index < -0.39 is 0 Å². The van der Waals surface area contributed by atoms with Gasteiger partial charge in [0.2, 0.25) is 0 Å². The monoisotopic (exact) mass is 598 g/mol. The molecule has 8 aromatic rings. The van der Waals surface area contributed by atoms with Crippen LogP contribution in [-0.2, 0) is 6.42 Å². The first-order valence-electron chi connectivity index (χ1n) is 15.0. The number of hydrogen-bond donors (Lipinski definition) is 0. The molecule has 0 aliphatic heterocycles. The highest BCUT2D eigenvalue weighted by molar-refractivity contribution is 7.26. The largest absolute Gasteiger partial charge is 0.237 e. The van der Waals surface area contributed by atoms with Gasteiger partial charge in [-0.1, -0.05) is 103 Å². The van der Waals surface area contributed by atoms with Crippen LogP contribution in [0.25, 0.3) is 81.2 Å². The van der Waals surface area contributed by atoms with Crippen molar-refractivity contribution in [3.63, 3.8) is 0 Å². The van der Waals surface area contributed by atoms with Gasteiger partial charge in [0, 0.05) is 52.5 Å². The summed E-state index contributed by atoms with van der Waals surface area (Å²) >= 11 is 3.81. The summed E-state index contributed by atoms with van der Waals surface area (Å²) in [4.78, 5) is 11.3. The maximum absolute atomic E-state index is 5.08. The highest BCUT2D eigenvalue weighted by Crippen LogP contribution is 2.42. The van der Waals surface area contributed by atoms with Gasteiger partial charge in [0.25, 0.3) is 0 Å². The van der Waals surface area contributed by atoms with E-state index in [4.69, 9.17) is 9.97 Å². The Hall–Kier alpha value is -4.90. The van der Waals surface area contributed by atoms with Gasteiger partial charge >= 0.3 is 0 Å². The Kier molecular flexibility index (Phi) is 6.03. The van der Waals surface area contributed by atoms with E-state index in [1.165, 1.54) is 63.0 Å². The van der Waals surface area contributed by atoms with E-state index in [9.17, 15) is 0 Å². The Labute approximate surface area is 263 Å². The predicted molar refractivity (Wildman–Crippen MR) is 189 cm³/mol. The van der Waals surface area contributed by atoms with Crippen LogP contribution in [0.5, 0.6) is 0 Å². The van der Waals surface area contributed by atoms with Gasteiger partial charge in [-0.2, -0.15) is 0 Å². The third-order valence-corrected chi connectivity index (χ3v) is 11.1. The smallest absolute Gasteiger partial charge is 0.159 e. The second-order valence-corrected chi connectivity index (χ2v) is 13.4. The molecule has 9 rings (SSSR count). The fraction of sp³-hybridized carbons (Fsp3) is 0.0500. The first kappa shape index (κ1) is 25.6. The van der Waals surface area contributed by atoms with E-state index in [0.717, 1.165) is 35.5 Å². The average Bonchev–Trinajstić information content (AvgIpc) is 3.67. The molecular formula is C40H26N2S2. The molecule has 1 aliphatic rings. The number of thiophene rings is 2. The lowest BCUT2D eigenvalue weighted by molar-refractivity contribution is 1.02. The van der Waals surface area contributed by atoms with Crippen LogP contribution in [0.15, 0.2) is 128 Å². The molecular weight excluding hydrogens is 573 g/mol. The third kappa shape index (κ3) is 4.22. The molecule has 208 valence electrons. The molecule has 1 aliphatic carbocycles. The SMILES string of the molecule is C1=Cc2c(sc3c(-c4cccc(-c5ccnc(-c6cccc(-c7cccc8c7sc7ccccc78)c6)n5)c4)cccc23)CC1. The summed E-state index contributed by atoms with van der Waals surface area (Å²) in [5, 5.41) is 3.98. The zero-order valence-electron chi connectivity index (χ0n) is 23.8. The van der Waals surface area contributed by atoms with Crippen LogP contribution in [0.2, 0.25) is 0 Å². The summed E-state index contributed by atoms with van der Waals surface area (Å²) in [5.41, 5.74) is 9.36.